The minimum absolute atomic E-state index is 0.647. The van der Waals surface area contributed by atoms with Gasteiger partial charge in [0.25, 0.3) is 0 Å². The van der Waals surface area contributed by atoms with Crippen molar-refractivity contribution in [2.45, 2.75) is 27.7 Å². The van der Waals surface area contributed by atoms with E-state index in [9.17, 15) is 0 Å². The second-order valence-corrected chi connectivity index (χ2v) is 14.2. The van der Waals surface area contributed by atoms with Crippen LogP contribution in [0, 0.1) is 27.7 Å². The molecule has 0 spiro atoms. The molecule has 5 aromatic carbocycles. The van der Waals surface area contributed by atoms with E-state index < -0.39 is 17.3 Å². The zero-order valence-corrected chi connectivity index (χ0v) is 28.7. The first-order chi connectivity index (χ1) is 22.4. The quantitative estimate of drug-likeness (QED) is 0.152. The Bertz CT molecular complexity index is 2040. The van der Waals surface area contributed by atoms with Crippen molar-refractivity contribution in [2.24, 2.45) is 0 Å². The van der Waals surface area contributed by atoms with Gasteiger partial charge in [-0.3, -0.25) is 0 Å². The molecule has 46 heavy (non-hydrogen) atoms. The average molecular weight is 659 g/mol. The normalized spacial score (nSPS) is 11.0. The van der Waals surface area contributed by atoms with E-state index in [0.717, 1.165) is 72.3 Å². The summed E-state index contributed by atoms with van der Waals surface area (Å²) in [5.41, 5.74) is 9.77. The van der Waals surface area contributed by atoms with Gasteiger partial charge in [0.1, 0.15) is 0 Å². The summed E-state index contributed by atoms with van der Waals surface area (Å²) in [6.07, 6.45) is 0. The maximum absolute atomic E-state index is 7.10. The van der Waals surface area contributed by atoms with Gasteiger partial charge >= 0.3 is 277 Å². The predicted molar refractivity (Wildman–Crippen MR) is 187 cm³/mol. The zero-order valence-electron chi connectivity index (χ0n) is 26.3. The molecule has 0 bridgehead atoms. The Hall–Kier alpha value is -5.04. The van der Waals surface area contributed by atoms with Gasteiger partial charge in [-0.2, -0.15) is 0 Å². The molecule has 0 atom stereocenters. The molecule has 0 saturated carbocycles. The fraction of sp³-hybridized carbons (Fsp3) is 0.100. The fourth-order valence-corrected chi connectivity index (χ4v) is 8.94. The van der Waals surface area contributed by atoms with Gasteiger partial charge in [0.2, 0.25) is 0 Å². The molecule has 5 nitrogen and oxygen atoms in total. The van der Waals surface area contributed by atoms with Crippen LogP contribution < -0.4 is 10.6 Å². The van der Waals surface area contributed by atoms with Crippen LogP contribution in [0.4, 0.5) is 0 Å². The third kappa shape index (κ3) is 5.97. The fourth-order valence-electron chi connectivity index (χ4n) is 6.03. The third-order valence-electron chi connectivity index (χ3n) is 8.12. The molecule has 0 unspecified atom stereocenters. The molecule has 0 aliphatic carbocycles. The van der Waals surface area contributed by atoms with Gasteiger partial charge in [0.05, 0.1) is 0 Å². The Morgan fingerprint density at radius 2 is 0.891 bits per heavy atom. The summed E-state index contributed by atoms with van der Waals surface area (Å²) in [7, 11) is 0. The number of rotatable bonds is 8. The predicted octanol–water partition coefficient (Wildman–Crippen LogP) is 9.87. The van der Waals surface area contributed by atoms with Gasteiger partial charge < -0.3 is 0 Å². The molecular weight excluding hydrogens is 626 g/mol. The van der Waals surface area contributed by atoms with E-state index in [2.05, 4.69) is 80.6 Å². The van der Waals surface area contributed by atoms with E-state index in [1.807, 2.05) is 74.5 Å². The summed E-state index contributed by atoms with van der Waals surface area (Å²) in [4.78, 5) is 9.78. The van der Waals surface area contributed by atoms with E-state index in [1.165, 1.54) is 0 Å². The van der Waals surface area contributed by atoms with Crippen LogP contribution in [0.1, 0.15) is 22.5 Å². The van der Waals surface area contributed by atoms with Gasteiger partial charge in [-0.25, -0.2) is 0 Å². The van der Waals surface area contributed by atoms with Crippen molar-refractivity contribution < 1.29 is 10.6 Å². The molecule has 224 valence electrons. The van der Waals surface area contributed by atoms with Gasteiger partial charge in [-0.1, -0.05) is 0 Å². The number of pyridine rings is 2. The Kier molecular flexibility index (Phi) is 8.22. The van der Waals surface area contributed by atoms with Crippen LogP contribution >= 0.6 is 0 Å². The van der Waals surface area contributed by atoms with Crippen LogP contribution in [0.5, 0.6) is 17.2 Å². The molecule has 7 rings (SSSR count). The standard InChI is InChI=1S/C18H14O.2C11H11NO.Ga/c19-18-16(14-8-3-1-4-9-14)12-7-13-17(18)15-10-5-2-6-11-15;2*1-7-6-8(2)12-11-9(7)4-3-5-10(11)13;/h1-13,19H;2*3-6,13H,1-2H3;/q;;;+3/p-3. The second-order valence-electron chi connectivity index (χ2n) is 11.5. The van der Waals surface area contributed by atoms with E-state index in [1.54, 1.807) is 0 Å². The molecule has 0 aliphatic rings. The van der Waals surface area contributed by atoms with E-state index in [-0.39, 0.29) is 0 Å². The number of hydrogen-bond donors (Lipinski definition) is 0. The first-order valence-electron chi connectivity index (χ1n) is 15.4. The number of para-hydroxylation sites is 3. The van der Waals surface area contributed by atoms with Crippen molar-refractivity contribution in [1.29, 1.82) is 0 Å². The van der Waals surface area contributed by atoms with Crippen LogP contribution in [0.3, 0.4) is 0 Å². The average Bonchev–Trinajstić information content (AvgIpc) is 3.06. The molecule has 0 aliphatic heterocycles. The monoisotopic (exact) mass is 658 g/mol. The SMILES string of the molecule is Cc1cc(C)c2cccc([O][Ga]([O]c3c(-c4ccccc4)cccc3-c3ccccc3)[O]c3cccc4c(C)cc(C)nc34)c2n1. The van der Waals surface area contributed by atoms with Gasteiger partial charge in [0, 0.05) is 0 Å². The topological polar surface area (TPSA) is 53.5 Å². The number of aromatic nitrogens is 2. The van der Waals surface area contributed by atoms with Crippen LogP contribution in [0.2, 0.25) is 0 Å². The molecule has 0 fully saturated rings. The number of benzene rings is 5. The Balaban J connectivity index is 1.40. The number of aryl methyl sites for hydroxylation is 4. The Labute approximate surface area is 275 Å². The third-order valence-corrected chi connectivity index (χ3v) is 10.9. The van der Waals surface area contributed by atoms with Crippen molar-refractivity contribution >= 4 is 39.1 Å². The molecule has 2 aromatic heterocycles. The van der Waals surface area contributed by atoms with E-state index in [4.69, 9.17) is 20.6 Å². The summed E-state index contributed by atoms with van der Waals surface area (Å²) >= 11 is -3.74. The maximum atomic E-state index is 7.10. The van der Waals surface area contributed by atoms with E-state index in [0.29, 0.717) is 11.5 Å². The Morgan fingerprint density at radius 3 is 1.35 bits per heavy atom. The Morgan fingerprint density at radius 1 is 0.457 bits per heavy atom. The number of hydrogen-bond acceptors (Lipinski definition) is 5. The molecule has 7 aromatic rings. The van der Waals surface area contributed by atoms with Crippen molar-refractivity contribution in [3.63, 3.8) is 0 Å². The number of nitrogens with zero attached hydrogens (tertiary/aromatic N) is 2. The molecule has 6 heteroatoms. The minimum atomic E-state index is -3.74. The molecular formula is C40H33GaN2O3. The molecule has 0 N–H and O–H groups in total. The summed E-state index contributed by atoms with van der Waals surface area (Å²) in [5, 5.41) is 2.08. The second kappa shape index (κ2) is 12.8. The summed E-state index contributed by atoms with van der Waals surface area (Å²) in [6.45, 7) is 8.20. The van der Waals surface area contributed by atoms with Crippen LogP contribution in [-0.4, -0.2) is 27.3 Å². The zero-order chi connectivity index (χ0) is 31.6. The molecule has 0 radical (unpaired) electrons. The molecule has 0 saturated heterocycles. The van der Waals surface area contributed by atoms with Crippen LogP contribution in [0.15, 0.2) is 127 Å². The summed E-state index contributed by atoms with van der Waals surface area (Å²) in [5.74, 6) is 2.02. The van der Waals surface area contributed by atoms with Gasteiger partial charge in [0.15, 0.2) is 0 Å². The molecule has 2 heterocycles. The van der Waals surface area contributed by atoms with Gasteiger partial charge in [-0.05, 0) is 0 Å². The summed E-state index contributed by atoms with van der Waals surface area (Å²) in [6, 6.07) is 43.1. The van der Waals surface area contributed by atoms with Gasteiger partial charge in [-0.15, -0.1) is 0 Å². The van der Waals surface area contributed by atoms with Crippen LogP contribution in [-0.2, 0) is 0 Å². The van der Waals surface area contributed by atoms with Crippen LogP contribution in [0.25, 0.3) is 44.1 Å². The first kappa shape index (κ1) is 29.7. The van der Waals surface area contributed by atoms with Crippen molar-refractivity contribution in [2.75, 3.05) is 0 Å². The van der Waals surface area contributed by atoms with Crippen molar-refractivity contribution in [1.82, 2.24) is 9.97 Å². The first-order valence-corrected chi connectivity index (χ1v) is 18.4. The molecule has 0 amide bonds. The van der Waals surface area contributed by atoms with E-state index >= 15 is 0 Å². The summed E-state index contributed by atoms with van der Waals surface area (Å²) < 4.78 is 20.9. The van der Waals surface area contributed by atoms with Crippen molar-refractivity contribution in [3.05, 3.63) is 150 Å². The van der Waals surface area contributed by atoms with Crippen molar-refractivity contribution in [3.8, 4) is 39.5 Å². The number of fused-ring (bicyclic) bond motifs is 2.